The maximum absolute atomic E-state index is 4.49. The Morgan fingerprint density at radius 2 is 2.06 bits per heavy atom. The Hall–Kier alpha value is -0.990. The van der Waals surface area contributed by atoms with E-state index in [1.165, 1.54) is 44.9 Å². The average Bonchev–Trinajstić information content (AvgIpc) is 3.16. The molecule has 0 aromatic carbocycles. The van der Waals surface area contributed by atoms with Crippen LogP contribution in [0.25, 0.3) is 0 Å². The largest absolute Gasteiger partial charge is 0.353 e. The second-order valence-corrected chi connectivity index (χ2v) is 6.20. The molecule has 0 saturated heterocycles. The third-order valence-corrected chi connectivity index (χ3v) is 4.57. The molecule has 1 atom stereocenters. The molecule has 1 aromatic rings. The summed E-state index contributed by atoms with van der Waals surface area (Å²) in [4.78, 5) is 4.49. The van der Waals surface area contributed by atoms with Gasteiger partial charge in [-0.15, -0.1) is 0 Å². The highest BCUT2D eigenvalue weighted by Crippen LogP contribution is 2.37. The van der Waals surface area contributed by atoms with Crippen molar-refractivity contribution in [2.45, 2.75) is 64.5 Å². The van der Waals surface area contributed by atoms with Crippen LogP contribution in [-0.2, 0) is 6.54 Å². The van der Waals surface area contributed by atoms with E-state index in [2.05, 4.69) is 28.0 Å². The van der Waals surface area contributed by atoms with Gasteiger partial charge in [0.2, 0.25) is 5.95 Å². The summed E-state index contributed by atoms with van der Waals surface area (Å²) in [5.74, 6) is 2.86. The third kappa shape index (κ3) is 2.88. The van der Waals surface area contributed by atoms with Crippen LogP contribution in [0.15, 0.2) is 12.4 Å². The Morgan fingerprint density at radius 1 is 1.28 bits per heavy atom. The van der Waals surface area contributed by atoms with Crippen LogP contribution >= 0.6 is 0 Å². The molecule has 1 heterocycles. The maximum Gasteiger partial charge on any atom is 0.202 e. The molecule has 0 spiro atoms. The predicted molar refractivity (Wildman–Crippen MR) is 74.6 cm³/mol. The zero-order valence-corrected chi connectivity index (χ0v) is 11.4. The molecule has 2 fully saturated rings. The molecule has 2 aliphatic rings. The van der Waals surface area contributed by atoms with Crippen molar-refractivity contribution in [3.05, 3.63) is 12.4 Å². The average molecular weight is 247 g/mol. The van der Waals surface area contributed by atoms with Crippen LogP contribution in [0.1, 0.15) is 51.9 Å². The molecule has 2 aliphatic carbocycles. The van der Waals surface area contributed by atoms with Gasteiger partial charge in [0, 0.05) is 25.0 Å². The first-order valence-corrected chi connectivity index (χ1v) is 7.60. The Kier molecular flexibility index (Phi) is 3.57. The number of imidazole rings is 1. The summed E-state index contributed by atoms with van der Waals surface area (Å²) >= 11 is 0. The van der Waals surface area contributed by atoms with Crippen LogP contribution in [0, 0.1) is 11.8 Å². The molecule has 1 unspecified atom stereocenters. The number of nitrogens with zero attached hydrogens (tertiary/aromatic N) is 2. The molecule has 18 heavy (non-hydrogen) atoms. The summed E-state index contributed by atoms with van der Waals surface area (Å²) in [5.41, 5.74) is 0. The van der Waals surface area contributed by atoms with Crippen molar-refractivity contribution >= 4 is 5.95 Å². The molecule has 0 amide bonds. The van der Waals surface area contributed by atoms with Gasteiger partial charge in [-0.1, -0.05) is 26.2 Å². The first kappa shape index (κ1) is 12.1. The minimum absolute atomic E-state index is 0.649. The van der Waals surface area contributed by atoms with Crippen LogP contribution in [0.3, 0.4) is 0 Å². The van der Waals surface area contributed by atoms with E-state index in [0.717, 1.165) is 24.3 Å². The van der Waals surface area contributed by atoms with Crippen molar-refractivity contribution in [3.8, 4) is 0 Å². The number of aromatic nitrogens is 2. The van der Waals surface area contributed by atoms with Gasteiger partial charge in [-0.3, -0.25) is 0 Å². The minimum Gasteiger partial charge on any atom is -0.353 e. The fraction of sp³-hybridized carbons (Fsp3) is 0.800. The number of anilines is 1. The van der Waals surface area contributed by atoms with Gasteiger partial charge in [-0.05, 0) is 37.5 Å². The quantitative estimate of drug-likeness (QED) is 0.860. The molecule has 3 heteroatoms. The van der Waals surface area contributed by atoms with Crippen LogP contribution in [-0.4, -0.2) is 15.6 Å². The van der Waals surface area contributed by atoms with Crippen molar-refractivity contribution in [2.75, 3.05) is 5.32 Å². The van der Waals surface area contributed by atoms with E-state index < -0.39 is 0 Å². The summed E-state index contributed by atoms with van der Waals surface area (Å²) in [5, 5.41) is 3.65. The highest BCUT2D eigenvalue weighted by atomic mass is 15.2. The van der Waals surface area contributed by atoms with E-state index in [0.29, 0.717) is 6.04 Å². The summed E-state index contributed by atoms with van der Waals surface area (Å²) in [7, 11) is 0. The molecule has 3 nitrogen and oxygen atoms in total. The molecule has 0 aliphatic heterocycles. The highest BCUT2D eigenvalue weighted by molar-refractivity contribution is 5.27. The monoisotopic (exact) mass is 247 g/mol. The Bertz CT molecular complexity index is 375. The van der Waals surface area contributed by atoms with Crippen LogP contribution in [0.5, 0.6) is 0 Å². The van der Waals surface area contributed by atoms with Gasteiger partial charge in [-0.25, -0.2) is 4.98 Å². The first-order valence-electron chi connectivity index (χ1n) is 7.60. The summed E-state index contributed by atoms with van der Waals surface area (Å²) < 4.78 is 2.32. The van der Waals surface area contributed by atoms with Gasteiger partial charge in [0.1, 0.15) is 0 Å². The topological polar surface area (TPSA) is 29.9 Å². The molecule has 1 N–H and O–H groups in total. The SMILES string of the molecule is CC(Cn1ccnc1NC1CCCCC1)C1CC1. The normalized spacial score (nSPS) is 22.9. The zero-order valence-electron chi connectivity index (χ0n) is 11.4. The van der Waals surface area contributed by atoms with Gasteiger partial charge in [0.15, 0.2) is 0 Å². The lowest BCUT2D eigenvalue weighted by Crippen LogP contribution is -2.25. The van der Waals surface area contributed by atoms with Gasteiger partial charge < -0.3 is 9.88 Å². The maximum atomic E-state index is 4.49. The van der Waals surface area contributed by atoms with E-state index >= 15 is 0 Å². The number of hydrogen-bond donors (Lipinski definition) is 1. The first-order chi connectivity index (χ1) is 8.83. The van der Waals surface area contributed by atoms with Crippen molar-refractivity contribution in [2.24, 2.45) is 11.8 Å². The summed E-state index contributed by atoms with van der Waals surface area (Å²) in [6.07, 6.45) is 13.7. The predicted octanol–water partition coefficient (Wildman–Crippen LogP) is 3.67. The van der Waals surface area contributed by atoms with Gasteiger partial charge >= 0.3 is 0 Å². The lowest BCUT2D eigenvalue weighted by atomic mass is 9.96. The molecule has 3 rings (SSSR count). The standard InChI is InChI=1S/C15H25N3/c1-12(13-7-8-13)11-18-10-9-16-15(18)17-14-5-3-2-4-6-14/h9-10,12-14H,2-8,11H2,1H3,(H,16,17). The molecule has 1 aromatic heterocycles. The van der Waals surface area contributed by atoms with Gasteiger partial charge in [0.25, 0.3) is 0 Å². The van der Waals surface area contributed by atoms with Crippen LogP contribution in [0.4, 0.5) is 5.95 Å². The van der Waals surface area contributed by atoms with E-state index in [1.807, 2.05) is 6.20 Å². The van der Waals surface area contributed by atoms with Crippen molar-refractivity contribution in [3.63, 3.8) is 0 Å². The highest BCUT2D eigenvalue weighted by Gasteiger charge is 2.28. The third-order valence-electron chi connectivity index (χ3n) is 4.57. The van der Waals surface area contributed by atoms with E-state index in [1.54, 1.807) is 0 Å². The number of rotatable bonds is 5. The number of nitrogens with one attached hydrogen (secondary N) is 1. The molecule has 2 saturated carbocycles. The van der Waals surface area contributed by atoms with Crippen molar-refractivity contribution in [1.82, 2.24) is 9.55 Å². The fourth-order valence-electron chi connectivity index (χ4n) is 3.15. The Morgan fingerprint density at radius 3 is 2.78 bits per heavy atom. The van der Waals surface area contributed by atoms with Gasteiger partial charge in [0.05, 0.1) is 0 Å². The summed E-state index contributed by atoms with van der Waals surface area (Å²) in [6.45, 7) is 3.50. The molecular formula is C15H25N3. The molecular weight excluding hydrogens is 222 g/mol. The molecule has 0 bridgehead atoms. The minimum atomic E-state index is 0.649. The van der Waals surface area contributed by atoms with Crippen molar-refractivity contribution < 1.29 is 0 Å². The lowest BCUT2D eigenvalue weighted by Gasteiger charge is -2.24. The van der Waals surface area contributed by atoms with Gasteiger partial charge in [-0.2, -0.15) is 0 Å². The van der Waals surface area contributed by atoms with E-state index in [9.17, 15) is 0 Å². The van der Waals surface area contributed by atoms with E-state index in [-0.39, 0.29) is 0 Å². The van der Waals surface area contributed by atoms with Crippen LogP contribution in [0.2, 0.25) is 0 Å². The summed E-state index contributed by atoms with van der Waals surface area (Å²) in [6, 6.07) is 0.649. The van der Waals surface area contributed by atoms with Crippen LogP contribution < -0.4 is 5.32 Å². The smallest absolute Gasteiger partial charge is 0.202 e. The zero-order chi connectivity index (χ0) is 12.4. The van der Waals surface area contributed by atoms with Crippen molar-refractivity contribution in [1.29, 1.82) is 0 Å². The lowest BCUT2D eigenvalue weighted by molar-refractivity contribution is 0.425. The molecule has 0 radical (unpaired) electrons. The van der Waals surface area contributed by atoms with E-state index in [4.69, 9.17) is 0 Å². The Balaban J connectivity index is 1.59. The fourth-order valence-corrected chi connectivity index (χ4v) is 3.15. The second kappa shape index (κ2) is 5.33. The number of hydrogen-bond acceptors (Lipinski definition) is 2. The second-order valence-electron chi connectivity index (χ2n) is 6.20. The molecule has 100 valence electrons. The Labute approximate surface area is 110 Å².